The Labute approximate surface area is 119 Å². The predicted octanol–water partition coefficient (Wildman–Crippen LogP) is 1.54. The Bertz CT molecular complexity index is 591. The minimum Gasteiger partial charge on any atom is -0.333 e. The zero-order valence-electron chi connectivity index (χ0n) is 11.9. The van der Waals surface area contributed by atoms with E-state index in [9.17, 15) is 4.79 Å². The number of hydrogen-bond acceptors (Lipinski definition) is 3. The molecule has 2 rings (SSSR count). The number of aromatic nitrogens is 2. The van der Waals surface area contributed by atoms with Gasteiger partial charge >= 0.3 is 0 Å². The minimum atomic E-state index is -0.0556. The molecule has 2 N–H and O–H groups in total. The van der Waals surface area contributed by atoms with Gasteiger partial charge in [0.25, 0.3) is 5.91 Å². The Morgan fingerprint density at radius 2 is 2.00 bits per heavy atom. The molecule has 0 aliphatic carbocycles. The van der Waals surface area contributed by atoms with Gasteiger partial charge in [0.15, 0.2) is 0 Å². The maximum atomic E-state index is 12.4. The van der Waals surface area contributed by atoms with Crippen molar-refractivity contribution in [2.24, 2.45) is 12.8 Å². The van der Waals surface area contributed by atoms with Crippen molar-refractivity contribution in [3.05, 3.63) is 53.3 Å². The predicted molar refractivity (Wildman–Crippen MR) is 78.0 cm³/mol. The molecule has 20 heavy (non-hydrogen) atoms. The van der Waals surface area contributed by atoms with Crippen LogP contribution in [0.3, 0.4) is 0 Å². The van der Waals surface area contributed by atoms with Crippen LogP contribution in [0.5, 0.6) is 0 Å². The number of nitrogens with two attached hydrogens (primary N) is 1. The molecule has 0 saturated heterocycles. The zero-order chi connectivity index (χ0) is 14.5. The van der Waals surface area contributed by atoms with Crippen LogP contribution in [0, 0.1) is 0 Å². The molecule has 5 heteroatoms. The van der Waals surface area contributed by atoms with E-state index in [4.69, 9.17) is 5.73 Å². The van der Waals surface area contributed by atoms with E-state index in [1.54, 1.807) is 28.9 Å². The molecular weight excluding hydrogens is 252 g/mol. The fourth-order valence-electron chi connectivity index (χ4n) is 2.13. The largest absolute Gasteiger partial charge is 0.333 e. The van der Waals surface area contributed by atoms with Crippen LogP contribution in [0.2, 0.25) is 0 Å². The van der Waals surface area contributed by atoms with E-state index in [2.05, 4.69) is 5.10 Å². The van der Waals surface area contributed by atoms with Crippen molar-refractivity contribution in [3.8, 4) is 0 Å². The van der Waals surface area contributed by atoms with E-state index < -0.39 is 0 Å². The standard InChI is InChI=1S/C15H20N4O/c1-3-19(15(20)14-8-9-18(2)17-14)11-13-7-5-4-6-12(13)10-16/h4-9H,3,10-11,16H2,1-2H3. The van der Waals surface area contributed by atoms with Gasteiger partial charge in [0.2, 0.25) is 0 Å². The van der Waals surface area contributed by atoms with Crippen molar-refractivity contribution in [2.45, 2.75) is 20.0 Å². The summed E-state index contributed by atoms with van der Waals surface area (Å²) >= 11 is 0. The second kappa shape index (κ2) is 6.34. The SMILES string of the molecule is CCN(Cc1ccccc1CN)C(=O)c1ccn(C)n1. The van der Waals surface area contributed by atoms with E-state index in [0.29, 0.717) is 25.3 Å². The molecule has 1 aromatic carbocycles. The Morgan fingerprint density at radius 3 is 2.55 bits per heavy atom. The second-order valence-corrected chi connectivity index (χ2v) is 4.67. The quantitative estimate of drug-likeness (QED) is 0.898. The molecule has 1 heterocycles. The number of carbonyl (C=O) groups excluding carboxylic acids is 1. The average Bonchev–Trinajstić information content (AvgIpc) is 2.91. The Morgan fingerprint density at radius 1 is 1.30 bits per heavy atom. The highest BCUT2D eigenvalue weighted by atomic mass is 16.2. The van der Waals surface area contributed by atoms with Crippen molar-refractivity contribution in [3.63, 3.8) is 0 Å². The summed E-state index contributed by atoms with van der Waals surface area (Å²) < 4.78 is 1.63. The van der Waals surface area contributed by atoms with Crippen LogP contribution in [0.15, 0.2) is 36.5 Å². The average molecular weight is 272 g/mol. The molecule has 0 atom stereocenters. The van der Waals surface area contributed by atoms with Gasteiger partial charge in [-0.25, -0.2) is 0 Å². The third kappa shape index (κ3) is 3.05. The number of nitrogens with zero attached hydrogens (tertiary/aromatic N) is 3. The second-order valence-electron chi connectivity index (χ2n) is 4.67. The number of benzene rings is 1. The van der Waals surface area contributed by atoms with Crippen LogP contribution < -0.4 is 5.73 Å². The fourth-order valence-corrected chi connectivity index (χ4v) is 2.13. The first kappa shape index (κ1) is 14.3. The highest BCUT2D eigenvalue weighted by molar-refractivity contribution is 5.92. The van der Waals surface area contributed by atoms with Gasteiger partial charge < -0.3 is 10.6 Å². The third-order valence-electron chi connectivity index (χ3n) is 3.30. The summed E-state index contributed by atoms with van der Waals surface area (Å²) in [5.41, 5.74) is 8.36. The fraction of sp³-hybridized carbons (Fsp3) is 0.333. The lowest BCUT2D eigenvalue weighted by molar-refractivity contribution is 0.0745. The van der Waals surface area contributed by atoms with Gasteiger partial charge in [-0.1, -0.05) is 24.3 Å². The molecule has 0 aliphatic rings. The molecule has 0 radical (unpaired) electrons. The summed E-state index contributed by atoms with van der Waals surface area (Å²) in [5, 5.41) is 4.16. The molecule has 0 unspecified atom stereocenters. The lowest BCUT2D eigenvalue weighted by Crippen LogP contribution is -2.31. The van der Waals surface area contributed by atoms with Gasteiger partial charge in [0, 0.05) is 32.9 Å². The number of rotatable bonds is 5. The van der Waals surface area contributed by atoms with E-state index in [1.165, 1.54) is 0 Å². The van der Waals surface area contributed by atoms with Gasteiger partial charge in [-0.2, -0.15) is 5.10 Å². The summed E-state index contributed by atoms with van der Waals surface area (Å²) in [4.78, 5) is 14.2. The Kier molecular flexibility index (Phi) is 4.53. The number of amides is 1. The van der Waals surface area contributed by atoms with Crippen LogP contribution in [0.1, 0.15) is 28.5 Å². The normalized spacial score (nSPS) is 10.6. The van der Waals surface area contributed by atoms with Gasteiger partial charge in [-0.05, 0) is 24.1 Å². The molecule has 106 valence electrons. The molecule has 0 spiro atoms. The molecular formula is C15H20N4O. The first-order chi connectivity index (χ1) is 9.65. The highest BCUT2D eigenvalue weighted by Crippen LogP contribution is 2.13. The molecule has 5 nitrogen and oxygen atoms in total. The van der Waals surface area contributed by atoms with E-state index in [-0.39, 0.29) is 5.91 Å². The summed E-state index contributed by atoms with van der Waals surface area (Å²) in [7, 11) is 1.80. The maximum Gasteiger partial charge on any atom is 0.274 e. The van der Waals surface area contributed by atoms with Crippen molar-refractivity contribution >= 4 is 5.91 Å². The molecule has 0 aliphatic heterocycles. The smallest absolute Gasteiger partial charge is 0.274 e. The lowest BCUT2D eigenvalue weighted by atomic mass is 10.1. The van der Waals surface area contributed by atoms with Crippen LogP contribution in [0.25, 0.3) is 0 Å². The summed E-state index contributed by atoms with van der Waals surface area (Å²) in [6.45, 7) is 3.63. The third-order valence-corrected chi connectivity index (χ3v) is 3.30. The molecule has 2 aromatic rings. The number of aryl methyl sites for hydroxylation is 1. The Balaban J connectivity index is 2.18. The van der Waals surface area contributed by atoms with E-state index >= 15 is 0 Å². The monoisotopic (exact) mass is 272 g/mol. The van der Waals surface area contributed by atoms with Crippen LogP contribution in [-0.2, 0) is 20.1 Å². The summed E-state index contributed by atoms with van der Waals surface area (Å²) in [5.74, 6) is -0.0556. The van der Waals surface area contributed by atoms with Crippen molar-refractivity contribution < 1.29 is 4.79 Å². The maximum absolute atomic E-state index is 12.4. The molecule has 1 aromatic heterocycles. The topological polar surface area (TPSA) is 64.2 Å². The number of carbonyl (C=O) groups is 1. The van der Waals surface area contributed by atoms with Crippen molar-refractivity contribution in [2.75, 3.05) is 6.54 Å². The van der Waals surface area contributed by atoms with Crippen LogP contribution in [-0.4, -0.2) is 27.1 Å². The zero-order valence-corrected chi connectivity index (χ0v) is 11.9. The van der Waals surface area contributed by atoms with Gasteiger partial charge in [0.05, 0.1) is 0 Å². The van der Waals surface area contributed by atoms with Gasteiger partial charge in [0.1, 0.15) is 5.69 Å². The van der Waals surface area contributed by atoms with Crippen molar-refractivity contribution in [1.82, 2.24) is 14.7 Å². The first-order valence-corrected chi connectivity index (χ1v) is 6.71. The van der Waals surface area contributed by atoms with Crippen LogP contribution >= 0.6 is 0 Å². The van der Waals surface area contributed by atoms with Crippen molar-refractivity contribution in [1.29, 1.82) is 0 Å². The minimum absolute atomic E-state index is 0.0556. The molecule has 0 fully saturated rings. The lowest BCUT2D eigenvalue weighted by Gasteiger charge is -2.21. The van der Waals surface area contributed by atoms with E-state index in [1.807, 2.05) is 31.2 Å². The molecule has 0 bridgehead atoms. The summed E-state index contributed by atoms with van der Waals surface area (Å²) in [6, 6.07) is 9.67. The van der Waals surface area contributed by atoms with E-state index in [0.717, 1.165) is 11.1 Å². The molecule has 1 amide bonds. The van der Waals surface area contributed by atoms with Gasteiger partial charge in [-0.3, -0.25) is 9.48 Å². The first-order valence-electron chi connectivity index (χ1n) is 6.71. The molecule has 0 saturated carbocycles. The van der Waals surface area contributed by atoms with Gasteiger partial charge in [-0.15, -0.1) is 0 Å². The number of hydrogen-bond donors (Lipinski definition) is 1. The Hall–Kier alpha value is -2.14. The van der Waals surface area contributed by atoms with Crippen LogP contribution in [0.4, 0.5) is 0 Å². The highest BCUT2D eigenvalue weighted by Gasteiger charge is 2.17. The summed E-state index contributed by atoms with van der Waals surface area (Å²) in [6.07, 6.45) is 1.77.